The summed E-state index contributed by atoms with van der Waals surface area (Å²) >= 11 is 0. The lowest BCUT2D eigenvalue weighted by Crippen LogP contribution is -3.00. The number of benzene rings is 1. The number of hydrogen-bond acceptors (Lipinski definition) is 0. The summed E-state index contributed by atoms with van der Waals surface area (Å²) in [5, 5.41) is 1.33. The summed E-state index contributed by atoms with van der Waals surface area (Å²) in [5.41, 5.74) is 1.34. The molecule has 2 rings (SSSR count). The van der Waals surface area contributed by atoms with Crippen LogP contribution in [0.5, 0.6) is 0 Å². The fourth-order valence-corrected chi connectivity index (χ4v) is 1.74. The average Bonchev–Trinajstić information content (AvgIpc) is 2.26. The van der Waals surface area contributed by atoms with Gasteiger partial charge in [-0.2, -0.15) is 4.57 Å². The van der Waals surface area contributed by atoms with Crippen molar-refractivity contribution < 1.29 is 21.5 Å². The highest BCUT2D eigenvalue weighted by molar-refractivity contribution is 5.74. The van der Waals surface area contributed by atoms with Crippen LogP contribution in [-0.2, 0) is 6.54 Å². The molecule has 1 nitrogen and oxygen atoms in total. The fraction of sp³-hybridized carbons (Fsp3) is 0.308. The topological polar surface area (TPSA) is 3.88 Å². The molecule has 0 atom stereocenters. The van der Waals surface area contributed by atoms with E-state index in [9.17, 15) is 0 Å². The third kappa shape index (κ3) is 2.78. The smallest absolute Gasteiger partial charge is 0.212 e. The SMILES string of the molecule is CCCC[n+]1cccc2ccccc21.[Br-]. The Hall–Kier alpha value is -0.890. The van der Waals surface area contributed by atoms with E-state index in [0.29, 0.717) is 0 Å². The molecule has 1 aromatic heterocycles. The molecule has 0 aliphatic rings. The van der Waals surface area contributed by atoms with Crippen molar-refractivity contribution in [2.24, 2.45) is 0 Å². The molecule has 2 aromatic rings. The van der Waals surface area contributed by atoms with Gasteiger partial charge in [0.2, 0.25) is 5.52 Å². The first-order valence-corrected chi connectivity index (χ1v) is 5.29. The molecular formula is C13H16BrN. The zero-order chi connectivity index (χ0) is 9.80. The van der Waals surface area contributed by atoms with Gasteiger partial charge in [-0.3, -0.25) is 0 Å². The van der Waals surface area contributed by atoms with Crippen LogP contribution in [0.4, 0.5) is 0 Å². The fourth-order valence-electron chi connectivity index (χ4n) is 1.74. The van der Waals surface area contributed by atoms with Gasteiger partial charge in [-0.25, -0.2) is 0 Å². The number of nitrogens with zero attached hydrogens (tertiary/aromatic N) is 1. The number of fused-ring (bicyclic) bond motifs is 1. The second-order valence-corrected chi connectivity index (χ2v) is 3.61. The van der Waals surface area contributed by atoms with Gasteiger partial charge in [0.05, 0.1) is 0 Å². The molecular weight excluding hydrogens is 250 g/mol. The van der Waals surface area contributed by atoms with Gasteiger partial charge >= 0.3 is 0 Å². The maximum absolute atomic E-state index is 2.33. The van der Waals surface area contributed by atoms with Gasteiger partial charge in [-0.15, -0.1) is 0 Å². The van der Waals surface area contributed by atoms with Crippen LogP contribution in [0.2, 0.25) is 0 Å². The molecule has 1 aromatic carbocycles. The minimum Gasteiger partial charge on any atom is -1.00 e. The molecule has 1 heterocycles. The van der Waals surface area contributed by atoms with Crippen LogP contribution < -0.4 is 21.5 Å². The quantitative estimate of drug-likeness (QED) is 0.685. The van der Waals surface area contributed by atoms with Crippen LogP contribution in [0.25, 0.3) is 10.9 Å². The molecule has 0 radical (unpaired) electrons. The third-order valence-electron chi connectivity index (χ3n) is 2.54. The molecule has 0 spiro atoms. The Bertz CT molecular complexity index is 420. The lowest BCUT2D eigenvalue weighted by Gasteiger charge is -1.99. The van der Waals surface area contributed by atoms with Crippen molar-refractivity contribution in [3.8, 4) is 0 Å². The van der Waals surface area contributed by atoms with Gasteiger partial charge in [-0.1, -0.05) is 25.5 Å². The van der Waals surface area contributed by atoms with E-state index in [1.807, 2.05) is 0 Å². The number of hydrogen-bond donors (Lipinski definition) is 0. The van der Waals surface area contributed by atoms with Crippen LogP contribution in [0.1, 0.15) is 19.8 Å². The Kier molecular flexibility index (Phi) is 4.76. The van der Waals surface area contributed by atoms with Crippen molar-refractivity contribution in [3.05, 3.63) is 42.6 Å². The Morgan fingerprint density at radius 2 is 1.80 bits per heavy atom. The van der Waals surface area contributed by atoms with Crippen molar-refractivity contribution in [1.82, 2.24) is 0 Å². The molecule has 2 heteroatoms. The third-order valence-corrected chi connectivity index (χ3v) is 2.54. The van der Waals surface area contributed by atoms with Gasteiger partial charge < -0.3 is 17.0 Å². The summed E-state index contributed by atoms with van der Waals surface area (Å²) < 4.78 is 2.33. The summed E-state index contributed by atoms with van der Waals surface area (Å²) in [6.07, 6.45) is 4.66. The normalized spacial score (nSPS) is 9.93. The summed E-state index contributed by atoms with van der Waals surface area (Å²) in [6, 6.07) is 12.8. The molecule has 80 valence electrons. The van der Waals surface area contributed by atoms with Gasteiger partial charge in [0.15, 0.2) is 6.20 Å². The lowest BCUT2D eigenvalue weighted by atomic mass is 10.2. The Labute approximate surface area is 102 Å². The second kappa shape index (κ2) is 5.86. The van der Waals surface area contributed by atoms with E-state index in [2.05, 4.69) is 54.1 Å². The average molecular weight is 266 g/mol. The number of aromatic nitrogens is 1. The summed E-state index contributed by atoms with van der Waals surface area (Å²) in [4.78, 5) is 0. The van der Waals surface area contributed by atoms with E-state index >= 15 is 0 Å². The first-order chi connectivity index (χ1) is 6.92. The molecule has 0 fully saturated rings. The molecule has 15 heavy (non-hydrogen) atoms. The molecule has 0 saturated carbocycles. The van der Waals surface area contributed by atoms with Crippen molar-refractivity contribution in [1.29, 1.82) is 0 Å². The Morgan fingerprint density at radius 3 is 2.60 bits per heavy atom. The summed E-state index contributed by atoms with van der Waals surface area (Å²) in [5.74, 6) is 0. The number of aryl methyl sites for hydroxylation is 1. The van der Waals surface area contributed by atoms with E-state index in [1.165, 1.54) is 23.7 Å². The van der Waals surface area contributed by atoms with Crippen LogP contribution >= 0.6 is 0 Å². The minimum absolute atomic E-state index is 0. The van der Waals surface area contributed by atoms with Crippen LogP contribution in [0.3, 0.4) is 0 Å². The first-order valence-electron chi connectivity index (χ1n) is 5.29. The second-order valence-electron chi connectivity index (χ2n) is 3.61. The predicted molar refractivity (Wildman–Crippen MR) is 59.1 cm³/mol. The molecule has 0 N–H and O–H groups in total. The highest BCUT2D eigenvalue weighted by Gasteiger charge is 2.05. The molecule has 0 unspecified atom stereocenters. The summed E-state index contributed by atoms with van der Waals surface area (Å²) in [7, 11) is 0. The number of para-hydroxylation sites is 1. The number of rotatable bonds is 3. The van der Waals surface area contributed by atoms with Crippen molar-refractivity contribution in [2.75, 3.05) is 0 Å². The van der Waals surface area contributed by atoms with E-state index < -0.39 is 0 Å². The molecule has 0 aliphatic heterocycles. The predicted octanol–water partition coefficient (Wildman–Crippen LogP) is -0.0686. The van der Waals surface area contributed by atoms with E-state index in [0.717, 1.165) is 6.54 Å². The maximum Gasteiger partial charge on any atom is 0.212 e. The monoisotopic (exact) mass is 265 g/mol. The Morgan fingerprint density at radius 1 is 1.07 bits per heavy atom. The van der Waals surface area contributed by atoms with Gasteiger partial charge in [-0.05, 0) is 12.1 Å². The largest absolute Gasteiger partial charge is 1.00 e. The zero-order valence-electron chi connectivity index (χ0n) is 8.99. The van der Waals surface area contributed by atoms with E-state index in [1.54, 1.807) is 0 Å². The van der Waals surface area contributed by atoms with E-state index in [-0.39, 0.29) is 17.0 Å². The zero-order valence-corrected chi connectivity index (χ0v) is 10.6. The molecule has 0 amide bonds. The number of halogens is 1. The molecule has 0 aliphatic carbocycles. The lowest BCUT2D eigenvalue weighted by molar-refractivity contribution is -0.671. The van der Waals surface area contributed by atoms with Gasteiger partial charge in [0.1, 0.15) is 6.54 Å². The van der Waals surface area contributed by atoms with Gasteiger partial charge in [0.25, 0.3) is 0 Å². The van der Waals surface area contributed by atoms with Crippen LogP contribution in [0, 0.1) is 0 Å². The highest BCUT2D eigenvalue weighted by Crippen LogP contribution is 2.07. The minimum atomic E-state index is 0. The molecule has 0 saturated heterocycles. The number of unbranched alkanes of at least 4 members (excludes halogenated alkanes) is 1. The van der Waals surface area contributed by atoms with Crippen LogP contribution in [-0.4, -0.2) is 0 Å². The Balaban J connectivity index is 0.00000112. The highest BCUT2D eigenvalue weighted by atomic mass is 79.9. The standard InChI is InChI=1S/C13H16N.BrH/c1-2-3-10-14-11-6-8-12-7-4-5-9-13(12)14;/h4-9,11H,2-3,10H2,1H3;1H/q+1;/p-1. The van der Waals surface area contributed by atoms with Crippen LogP contribution in [0.15, 0.2) is 42.6 Å². The first kappa shape index (κ1) is 12.2. The maximum atomic E-state index is 2.33. The number of pyridine rings is 1. The van der Waals surface area contributed by atoms with Crippen molar-refractivity contribution in [2.45, 2.75) is 26.3 Å². The van der Waals surface area contributed by atoms with Crippen molar-refractivity contribution in [3.63, 3.8) is 0 Å². The van der Waals surface area contributed by atoms with Crippen molar-refractivity contribution >= 4 is 10.9 Å². The van der Waals surface area contributed by atoms with E-state index in [4.69, 9.17) is 0 Å². The van der Waals surface area contributed by atoms with Gasteiger partial charge in [0, 0.05) is 23.9 Å². The summed E-state index contributed by atoms with van der Waals surface area (Å²) in [6.45, 7) is 3.35. The molecule has 0 bridgehead atoms.